The maximum absolute atomic E-state index is 5.76. The number of morpholine rings is 1. The van der Waals surface area contributed by atoms with Crippen LogP contribution in [0, 0.1) is 6.92 Å². The molecule has 1 aromatic rings. The van der Waals surface area contributed by atoms with Crippen molar-refractivity contribution in [2.75, 3.05) is 24.6 Å². The second-order valence-corrected chi connectivity index (χ2v) is 6.12. The number of hydrogen-bond donors (Lipinski definition) is 1. The Morgan fingerprint density at radius 2 is 2.20 bits per heavy atom. The van der Waals surface area contributed by atoms with Crippen molar-refractivity contribution in [3.63, 3.8) is 0 Å². The van der Waals surface area contributed by atoms with Crippen LogP contribution >= 0.6 is 0 Å². The zero-order valence-electron chi connectivity index (χ0n) is 12.7. The minimum Gasteiger partial charge on any atom is -0.375 e. The third kappa shape index (κ3) is 3.33. The normalized spacial score (nSPS) is 23.1. The summed E-state index contributed by atoms with van der Waals surface area (Å²) in [5, 5.41) is 3.58. The van der Waals surface area contributed by atoms with Crippen LogP contribution in [0.4, 0.5) is 5.69 Å². The van der Waals surface area contributed by atoms with Gasteiger partial charge < -0.3 is 15.0 Å². The summed E-state index contributed by atoms with van der Waals surface area (Å²) in [4.78, 5) is 2.48. The minimum atomic E-state index is 0.388. The van der Waals surface area contributed by atoms with Crippen LogP contribution in [0.15, 0.2) is 18.2 Å². The molecule has 3 heteroatoms. The molecular weight excluding hydrogens is 248 g/mol. The first-order chi connectivity index (χ1) is 9.76. The Morgan fingerprint density at radius 1 is 1.35 bits per heavy atom. The number of rotatable bonds is 5. The zero-order valence-corrected chi connectivity index (χ0v) is 12.7. The second kappa shape index (κ2) is 6.15. The maximum atomic E-state index is 5.76. The van der Waals surface area contributed by atoms with Gasteiger partial charge in [0, 0.05) is 31.4 Å². The van der Waals surface area contributed by atoms with Crippen molar-refractivity contribution in [2.45, 2.75) is 51.8 Å². The van der Waals surface area contributed by atoms with Gasteiger partial charge in [0.1, 0.15) is 0 Å². The molecule has 1 aromatic carbocycles. The highest BCUT2D eigenvalue weighted by Crippen LogP contribution is 2.25. The molecule has 2 aliphatic rings. The van der Waals surface area contributed by atoms with Gasteiger partial charge in [-0.2, -0.15) is 0 Å². The number of benzene rings is 1. The highest BCUT2D eigenvalue weighted by molar-refractivity contribution is 5.54. The molecule has 3 nitrogen and oxygen atoms in total. The lowest BCUT2D eigenvalue weighted by molar-refractivity contribution is 0.0384. The number of nitrogens with one attached hydrogen (secondary N) is 1. The monoisotopic (exact) mass is 274 g/mol. The topological polar surface area (TPSA) is 24.5 Å². The van der Waals surface area contributed by atoms with Gasteiger partial charge >= 0.3 is 0 Å². The molecule has 1 aliphatic heterocycles. The molecule has 0 spiro atoms. The van der Waals surface area contributed by atoms with E-state index in [-0.39, 0.29) is 0 Å². The standard InChI is InChI=1S/C17H26N2O/c1-3-16-12-19(8-9-20-16)17-7-4-14(10-13(17)2)11-18-15-5-6-15/h4,7,10,15-16,18H,3,5-6,8-9,11-12H2,1-2H3. The van der Waals surface area contributed by atoms with Gasteiger partial charge in [-0.1, -0.05) is 19.1 Å². The van der Waals surface area contributed by atoms with Crippen molar-refractivity contribution < 1.29 is 4.74 Å². The summed E-state index contributed by atoms with van der Waals surface area (Å²) in [7, 11) is 0. The number of nitrogens with zero attached hydrogens (tertiary/aromatic N) is 1. The molecule has 1 saturated heterocycles. The summed E-state index contributed by atoms with van der Waals surface area (Å²) in [5.41, 5.74) is 4.16. The Hall–Kier alpha value is -1.06. The number of aryl methyl sites for hydroxylation is 1. The fraction of sp³-hybridized carbons (Fsp3) is 0.647. The molecule has 0 amide bonds. The fourth-order valence-corrected chi connectivity index (χ4v) is 2.92. The molecule has 20 heavy (non-hydrogen) atoms. The lowest BCUT2D eigenvalue weighted by atomic mass is 10.1. The Morgan fingerprint density at radius 3 is 2.90 bits per heavy atom. The largest absolute Gasteiger partial charge is 0.375 e. The van der Waals surface area contributed by atoms with Crippen LogP contribution in [-0.4, -0.2) is 31.8 Å². The summed E-state index contributed by atoms with van der Waals surface area (Å²) in [6, 6.07) is 7.67. The molecular formula is C17H26N2O. The zero-order chi connectivity index (χ0) is 13.9. The van der Waals surface area contributed by atoms with Crippen LogP contribution in [0.3, 0.4) is 0 Å². The van der Waals surface area contributed by atoms with E-state index in [9.17, 15) is 0 Å². The van der Waals surface area contributed by atoms with Crippen LogP contribution < -0.4 is 10.2 Å². The van der Waals surface area contributed by atoms with Gasteiger partial charge in [-0.15, -0.1) is 0 Å². The van der Waals surface area contributed by atoms with E-state index in [0.717, 1.165) is 38.7 Å². The van der Waals surface area contributed by atoms with E-state index in [4.69, 9.17) is 4.74 Å². The lowest BCUT2D eigenvalue weighted by Gasteiger charge is -2.35. The molecule has 1 heterocycles. The van der Waals surface area contributed by atoms with Crippen LogP contribution in [0.25, 0.3) is 0 Å². The van der Waals surface area contributed by atoms with Gasteiger partial charge in [-0.05, 0) is 43.4 Å². The van der Waals surface area contributed by atoms with Crippen LogP contribution in [-0.2, 0) is 11.3 Å². The molecule has 0 bridgehead atoms. The number of anilines is 1. The quantitative estimate of drug-likeness (QED) is 0.893. The summed E-state index contributed by atoms with van der Waals surface area (Å²) < 4.78 is 5.76. The average molecular weight is 274 g/mol. The molecule has 110 valence electrons. The maximum Gasteiger partial charge on any atom is 0.0748 e. The van der Waals surface area contributed by atoms with E-state index in [2.05, 4.69) is 42.3 Å². The smallest absolute Gasteiger partial charge is 0.0748 e. The number of ether oxygens (including phenoxy) is 1. The highest BCUT2D eigenvalue weighted by atomic mass is 16.5. The highest BCUT2D eigenvalue weighted by Gasteiger charge is 2.21. The van der Waals surface area contributed by atoms with E-state index in [1.807, 2.05) is 0 Å². The molecule has 1 saturated carbocycles. The first kappa shape index (κ1) is 13.9. The Labute approximate surface area is 122 Å². The van der Waals surface area contributed by atoms with E-state index < -0.39 is 0 Å². The Bertz CT molecular complexity index is 456. The lowest BCUT2D eigenvalue weighted by Crippen LogP contribution is -2.42. The van der Waals surface area contributed by atoms with E-state index >= 15 is 0 Å². The van der Waals surface area contributed by atoms with E-state index in [1.165, 1.54) is 29.7 Å². The molecule has 0 aromatic heterocycles. The van der Waals surface area contributed by atoms with Crippen LogP contribution in [0.2, 0.25) is 0 Å². The van der Waals surface area contributed by atoms with Gasteiger partial charge in [0.2, 0.25) is 0 Å². The molecule has 1 unspecified atom stereocenters. The Balaban J connectivity index is 1.66. The molecule has 1 aliphatic carbocycles. The molecule has 2 fully saturated rings. The summed E-state index contributed by atoms with van der Waals surface area (Å²) in [5.74, 6) is 0. The predicted molar refractivity (Wildman–Crippen MR) is 83.3 cm³/mol. The summed E-state index contributed by atoms with van der Waals surface area (Å²) in [6.07, 6.45) is 4.19. The van der Waals surface area contributed by atoms with Crippen LogP contribution in [0.5, 0.6) is 0 Å². The third-order valence-corrected chi connectivity index (χ3v) is 4.37. The minimum absolute atomic E-state index is 0.388. The van der Waals surface area contributed by atoms with Gasteiger partial charge in [0.05, 0.1) is 12.7 Å². The van der Waals surface area contributed by atoms with Crippen molar-refractivity contribution in [1.29, 1.82) is 0 Å². The summed E-state index contributed by atoms with van der Waals surface area (Å²) >= 11 is 0. The first-order valence-electron chi connectivity index (χ1n) is 7.95. The van der Waals surface area contributed by atoms with Crippen molar-refractivity contribution in [3.05, 3.63) is 29.3 Å². The molecule has 3 rings (SSSR count). The van der Waals surface area contributed by atoms with Gasteiger partial charge in [0.15, 0.2) is 0 Å². The third-order valence-electron chi connectivity index (χ3n) is 4.37. The molecule has 1 atom stereocenters. The van der Waals surface area contributed by atoms with Crippen molar-refractivity contribution in [3.8, 4) is 0 Å². The van der Waals surface area contributed by atoms with Crippen molar-refractivity contribution in [2.24, 2.45) is 0 Å². The predicted octanol–water partition coefficient (Wildman–Crippen LogP) is 2.86. The van der Waals surface area contributed by atoms with Gasteiger partial charge in [0.25, 0.3) is 0 Å². The van der Waals surface area contributed by atoms with Crippen molar-refractivity contribution >= 4 is 5.69 Å². The molecule has 1 N–H and O–H groups in total. The van der Waals surface area contributed by atoms with Gasteiger partial charge in [-0.25, -0.2) is 0 Å². The van der Waals surface area contributed by atoms with Gasteiger partial charge in [-0.3, -0.25) is 0 Å². The average Bonchev–Trinajstić information content (AvgIpc) is 3.29. The van der Waals surface area contributed by atoms with Crippen molar-refractivity contribution in [1.82, 2.24) is 5.32 Å². The Kier molecular flexibility index (Phi) is 4.27. The van der Waals surface area contributed by atoms with E-state index in [1.54, 1.807) is 0 Å². The number of hydrogen-bond acceptors (Lipinski definition) is 3. The summed E-state index contributed by atoms with van der Waals surface area (Å²) in [6.45, 7) is 8.32. The first-order valence-corrected chi connectivity index (χ1v) is 7.95. The molecule has 0 radical (unpaired) electrons. The second-order valence-electron chi connectivity index (χ2n) is 6.12. The fourth-order valence-electron chi connectivity index (χ4n) is 2.92. The van der Waals surface area contributed by atoms with E-state index in [0.29, 0.717) is 6.10 Å². The SMILES string of the molecule is CCC1CN(c2ccc(CNC3CC3)cc2C)CCO1. The van der Waals surface area contributed by atoms with Crippen LogP contribution in [0.1, 0.15) is 37.3 Å².